The fourth-order valence-corrected chi connectivity index (χ4v) is 2.61. The van der Waals surface area contributed by atoms with E-state index in [0.29, 0.717) is 12.4 Å². The lowest BCUT2D eigenvalue weighted by Gasteiger charge is -2.08. The van der Waals surface area contributed by atoms with Crippen molar-refractivity contribution in [3.8, 4) is 11.5 Å². The fraction of sp³-hybridized carbons (Fsp3) is 0.250. The zero-order valence-electron chi connectivity index (χ0n) is 11.2. The highest BCUT2D eigenvalue weighted by molar-refractivity contribution is 7.99. The van der Waals surface area contributed by atoms with Crippen molar-refractivity contribution in [3.63, 3.8) is 0 Å². The zero-order chi connectivity index (χ0) is 13.7. The number of benzene rings is 2. The molecule has 0 radical (unpaired) electrons. The van der Waals surface area contributed by atoms with Crippen LogP contribution in [0.15, 0.2) is 47.4 Å². The van der Waals surface area contributed by atoms with Crippen LogP contribution in [0.1, 0.15) is 11.1 Å². The van der Waals surface area contributed by atoms with Crippen LogP contribution >= 0.6 is 11.8 Å². The summed E-state index contributed by atoms with van der Waals surface area (Å²) in [5, 5.41) is 9.19. The molecule has 0 aliphatic heterocycles. The lowest BCUT2D eigenvalue weighted by molar-refractivity contribution is 0.343. The second kappa shape index (κ2) is 6.53. The first kappa shape index (κ1) is 13.8. The van der Waals surface area contributed by atoms with Gasteiger partial charge in [0.2, 0.25) is 0 Å². The molecule has 0 spiro atoms. The summed E-state index contributed by atoms with van der Waals surface area (Å²) < 4.78 is 5.74. The van der Waals surface area contributed by atoms with E-state index in [9.17, 15) is 5.11 Å². The minimum absolute atomic E-state index is 0.302. The van der Waals surface area contributed by atoms with Crippen LogP contribution in [0.4, 0.5) is 0 Å². The summed E-state index contributed by atoms with van der Waals surface area (Å²) in [7, 11) is 0. The maximum Gasteiger partial charge on any atom is 0.119 e. The second-order valence-electron chi connectivity index (χ2n) is 4.51. The first-order chi connectivity index (χ1) is 9.13. The lowest BCUT2D eigenvalue weighted by atomic mass is 10.1. The van der Waals surface area contributed by atoms with E-state index in [1.165, 1.54) is 11.1 Å². The van der Waals surface area contributed by atoms with Gasteiger partial charge in [-0.25, -0.2) is 0 Å². The fourth-order valence-electron chi connectivity index (χ4n) is 1.88. The van der Waals surface area contributed by atoms with Gasteiger partial charge in [-0.2, -0.15) is 0 Å². The van der Waals surface area contributed by atoms with Crippen molar-refractivity contribution in [3.05, 3.63) is 53.6 Å². The van der Waals surface area contributed by atoms with Gasteiger partial charge in [-0.15, -0.1) is 11.8 Å². The van der Waals surface area contributed by atoms with E-state index in [0.717, 1.165) is 16.4 Å². The zero-order valence-corrected chi connectivity index (χ0v) is 12.0. The van der Waals surface area contributed by atoms with E-state index in [-0.39, 0.29) is 0 Å². The molecule has 0 saturated carbocycles. The highest BCUT2D eigenvalue weighted by Crippen LogP contribution is 2.21. The predicted octanol–water partition coefficient (Wildman–Crippen LogP) is 4.18. The number of hydrogen-bond donors (Lipinski definition) is 1. The number of phenols is 1. The molecule has 0 aromatic heterocycles. The maximum absolute atomic E-state index is 9.19. The number of thioether (sulfide) groups is 1. The Labute approximate surface area is 118 Å². The number of aryl methyl sites for hydroxylation is 2. The van der Waals surface area contributed by atoms with Gasteiger partial charge in [0.15, 0.2) is 0 Å². The van der Waals surface area contributed by atoms with E-state index >= 15 is 0 Å². The van der Waals surface area contributed by atoms with Gasteiger partial charge in [-0.3, -0.25) is 0 Å². The summed E-state index contributed by atoms with van der Waals surface area (Å²) in [5.74, 6) is 2.12. The molecule has 1 N–H and O–H groups in total. The molecule has 2 nitrogen and oxygen atoms in total. The molecule has 0 heterocycles. The number of phenolic OH excluding ortho intramolecular Hbond substituents is 1. The van der Waals surface area contributed by atoms with Crippen molar-refractivity contribution in [2.75, 3.05) is 12.4 Å². The second-order valence-corrected chi connectivity index (χ2v) is 5.68. The minimum atomic E-state index is 0.302. The van der Waals surface area contributed by atoms with Crippen LogP contribution in [-0.4, -0.2) is 17.5 Å². The SMILES string of the molecule is Cc1cc(C)cc(OCCSc2ccc(O)cc2)c1. The molecule has 3 heteroatoms. The molecule has 0 unspecified atom stereocenters. The molecule has 0 bridgehead atoms. The Balaban J connectivity index is 1.79. The van der Waals surface area contributed by atoms with Gasteiger partial charge in [0.1, 0.15) is 11.5 Å². The third-order valence-electron chi connectivity index (χ3n) is 2.65. The average molecular weight is 274 g/mol. The molecule has 2 rings (SSSR count). The van der Waals surface area contributed by atoms with Crippen LogP contribution in [0.25, 0.3) is 0 Å². The molecular weight excluding hydrogens is 256 g/mol. The Morgan fingerprint density at radius 1 is 1.00 bits per heavy atom. The quantitative estimate of drug-likeness (QED) is 0.655. The van der Waals surface area contributed by atoms with Crippen molar-refractivity contribution in [2.45, 2.75) is 18.7 Å². The number of rotatable bonds is 5. The van der Waals surface area contributed by atoms with Crippen molar-refractivity contribution in [2.24, 2.45) is 0 Å². The Morgan fingerprint density at radius 2 is 1.63 bits per heavy atom. The van der Waals surface area contributed by atoms with Crippen molar-refractivity contribution < 1.29 is 9.84 Å². The summed E-state index contributed by atoms with van der Waals surface area (Å²) in [6.45, 7) is 4.82. The smallest absolute Gasteiger partial charge is 0.119 e. The largest absolute Gasteiger partial charge is 0.508 e. The molecule has 100 valence electrons. The molecule has 0 atom stereocenters. The van der Waals surface area contributed by atoms with E-state index in [2.05, 4.69) is 32.0 Å². The molecule has 2 aromatic rings. The van der Waals surface area contributed by atoms with Crippen molar-refractivity contribution in [1.82, 2.24) is 0 Å². The van der Waals surface area contributed by atoms with E-state index in [4.69, 9.17) is 4.74 Å². The Bertz CT molecular complexity index is 515. The average Bonchev–Trinajstić information content (AvgIpc) is 2.36. The monoisotopic (exact) mass is 274 g/mol. The Kier molecular flexibility index (Phi) is 4.74. The van der Waals surface area contributed by atoms with Gasteiger partial charge < -0.3 is 9.84 Å². The summed E-state index contributed by atoms with van der Waals surface area (Å²) in [4.78, 5) is 1.14. The number of ether oxygens (including phenoxy) is 1. The summed E-state index contributed by atoms with van der Waals surface area (Å²) in [6, 6.07) is 13.5. The van der Waals surface area contributed by atoms with Crippen molar-refractivity contribution >= 4 is 11.8 Å². The predicted molar refractivity (Wildman–Crippen MR) is 80.2 cm³/mol. The van der Waals surface area contributed by atoms with Crippen molar-refractivity contribution in [1.29, 1.82) is 0 Å². The lowest BCUT2D eigenvalue weighted by Crippen LogP contribution is -2.00. The third kappa shape index (κ3) is 4.52. The van der Waals surface area contributed by atoms with Gasteiger partial charge in [0.05, 0.1) is 6.61 Å². The van der Waals surface area contributed by atoms with Crippen LogP contribution < -0.4 is 4.74 Å². The van der Waals surface area contributed by atoms with Gasteiger partial charge in [0.25, 0.3) is 0 Å². The minimum Gasteiger partial charge on any atom is -0.508 e. The first-order valence-corrected chi connectivity index (χ1v) is 7.25. The van der Waals surface area contributed by atoms with Gasteiger partial charge in [-0.1, -0.05) is 6.07 Å². The first-order valence-electron chi connectivity index (χ1n) is 6.26. The molecule has 19 heavy (non-hydrogen) atoms. The van der Waals surface area contributed by atoms with Gasteiger partial charge >= 0.3 is 0 Å². The highest BCUT2D eigenvalue weighted by Gasteiger charge is 1.98. The van der Waals surface area contributed by atoms with Crippen LogP contribution in [0.2, 0.25) is 0 Å². The van der Waals surface area contributed by atoms with Crippen LogP contribution in [0.5, 0.6) is 11.5 Å². The summed E-state index contributed by atoms with van der Waals surface area (Å²) in [5.41, 5.74) is 2.45. The standard InChI is InChI=1S/C16H18O2S/c1-12-9-13(2)11-15(10-12)18-7-8-19-16-5-3-14(17)4-6-16/h3-6,9-11,17H,7-8H2,1-2H3. The molecule has 2 aromatic carbocycles. The van der Waals surface area contributed by atoms with E-state index < -0.39 is 0 Å². The summed E-state index contributed by atoms with van der Waals surface area (Å²) >= 11 is 1.72. The van der Waals surface area contributed by atoms with Gasteiger partial charge in [0, 0.05) is 10.6 Å². The number of hydrogen-bond acceptors (Lipinski definition) is 3. The molecule has 0 fully saturated rings. The molecular formula is C16H18O2S. The number of aromatic hydroxyl groups is 1. The van der Waals surface area contributed by atoms with Gasteiger partial charge in [-0.05, 0) is 61.4 Å². The maximum atomic E-state index is 9.19. The van der Waals surface area contributed by atoms with Crippen LogP contribution in [0.3, 0.4) is 0 Å². The van der Waals surface area contributed by atoms with Crippen LogP contribution in [-0.2, 0) is 0 Å². The summed E-state index contributed by atoms with van der Waals surface area (Å²) in [6.07, 6.45) is 0. The highest BCUT2D eigenvalue weighted by atomic mass is 32.2. The van der Waals surface area contributed by atoms with Crippen LogP contribution in [0, 0.1) is 13.8 Å². The Morgan fingerprint density at radius 3 is 2.26 bits per heavy atom. The Hall–Kier alpha value is -1.61. The van der Waals surface area contributed by atoms with E-state index in [1.807, 2.05) is 12.1 Å². The molecule has 0 aliphatic rings. The van der Waals surface area contributed by atoms with E-state index in [1.54, 1.807) is 23.9 Å². The molecule has 0 aliphatic carbocycles. The normalized spacial score (nSPS) is 10.4. The molecule has 0 amide bonds. The topological polar surface area (TPSA) is 29.5 Å². The third-order valence-corrected chi connectivity index (χ3v) is 3.63. The molecule has 0 saturated heterocycles.